The van der Waals surface area contributed by atoms with Gasteiger partial charge in [0.2, 0.25) is 5.91 Å². The summed E-state index contributed by atoms with van der Waals surface area (Å²) in [4.78, 5) is 23.8. The molecule has 1 atom stereocenters. The topological polar surface area (TPSA) is 68.4 Å². The summed E-state index contributed by atoms with van der Waals surface area (Å²) >= 11 is 0. The summed E-state index contributed by atoms with van der Waals surface area (Å²) in [7, 11) is 1.99. The van der Waals surface area contributed by atoms with E-state index < -0.39 is 5.54 Å². The normalized spacial score (nSPS) is 25.8. The molecule has 3 rings (SSSR count). The highest BCUT2D eigenvalue weighted by Crippen LogP contribution is 2.34. The van der Waals surface area contributed by atoms with Crippen LogP contribution in [0.4, 0.5) is 0 Å². The maximum Gasteiger partial charge on any atom is 0.244 e. The summed E-state index contributed by atoms with van der Waals surface area (Å²) in [6.07, 6.45) is 4.46. The molecule has 3 heterocycles. The van der Waals surface area contributed by atoms with Gasteiger partial charge in [0.1, 0.15) is 5.54 Å². The first-order chi connectivity index (χ1) is 11.5. The van der Waals surface area contributed by atoms with Gasteiger partial charge in [-0.05, 0) is 20.3 Å². The fourth-order valence-electron chi connectivity index (χ4n) is 3.96. The first-order valence-corrected chi connectivity index (χ1v) is 8.58. The maximum absolute atomic E-state index is 13.2. The molecule has 2 aliphatic heterocycles. The highest BCUT2D eigenvalue weighted by molar-refractivity contribution is 5.88. The Bertz CT molecular complexity index is 648. The molecule has 1 amide bonds. The zero-order valence-electron chi connectivity index (χ0n) is 14.8. The number of carbonyl (C=O) groups excluding carboxylic acids is 1. The average Bonchev–Trinajstić information content (AvgIpc) is 3.13. The number of nitrogens with zero attached hydrogens (tertiary/aromatic N) is 6. The molecule has 24 heavy (non-hydrogen) atoms. The smallest absolute Gasteiger partial charge is 0.244 e. The third kappa shape index (κ3) is 2.80. The molecule has 1 aromatic rings. The fourth-order valence-corrected chi connectivity index (χ4v) is 3.96. The number of piperazine rings is 1. The van der Waals surface area contributed by atoms with E-state index in [9.17, 15) is 10.1 Å². The van der Waals surface area contributed by atoms with Crippen LogP contribution in [0.2, 0.25) is 0 Å². The summed E-state index contributed by atoms with van der Waals surface area (Å²) in [5.41, 5.74) is 0.597. The van der Waals surface area contributed by atoms with Crippen molar-refractivity contribution in [3.8, 4) is 6.07 Å². The zero-order valence-corrected chi connectivity index (χ0v) is 14.8. The second kappa shape index (κ2) is 6.54. The first kappa shape index (κ1) is 16.9. The van der Waals surface area contributed by atoms with E-state index in [0.717, 1.165) is 31.7 Å². The monoisotopic (exact) mass is 330 g/mol. The summed E-state index contributed by atoms with van der Waals surface area (Å²) in [6, 6.07) is 2.44. The van der Waals surface area contributed by atoms with E-state index in [2.05, 4.69) is 34.7 Å². The quantitative estimate of drug-likeness (QED) is 0.750. The molecule has 7 nitrogen and oxygen atoms in total. The van der Waals surface area contributed by atoms with E-state index in [1.165, 1.54) is 0 Å². The van der Waals surface area contributed by atoms with E-state index in [1.807, 2.05) is 22.7 Å². The van der Waals surface area contributed by atoms with Gasteiger partial charge in [-0.3, -0.25) is 14.6 Å². The van der Waals surface area contributed by atoms with E-state index in [1.54, 1.807) is 6.33 Å². The third-order valence-corrected chi connectivity index (χ3v) is 5.39. The Morgan fingerprint density at radius 3 is 2.79 bits per heavy atom. The number of imidazole rings is 1. The van der Waals surface area contributed by atoms with Gasteiger partial charge >= 0.3 is 0 Å². The number of likely N-dealkylation sites (tertiary alicyclic amines) is 1. The molecule has 1 aromatic heterocycles. The molecular formula is C17H26N6O. The van der Waals surface area contributed by atoms with Crippen molar-refractivity contribution < 1.29 is 4.79 Å². The van der Waals surface area contributed by atoms with Crippen molar-refractivity contribution >= 4 is 5.91 Å². The summed E-state index contributed by atoms with van der Waals surface area (Å²) in [6.45, 7) is 8.26. The van der Waals surface area contributed by atoms with Gasteiger partial charge in [0.05, 0.1) is 24.6 Å². The molecule has 0 aromatic carbocycles. The molecule has 0 saturated carbocycles. The zero-order chi connectivity index (χ0) is 17.3. The van der Waals surface area contributed by atoms with Crippen LogP contribution in [0, 0.1) is 11.3 Å². The number of aromatic nitrogens is 2. The minimum atomic E-state index is -0.545. The molecular weight excluding hydrogens is 304 g/mol. The molecule has 2 fully saturated rings. The van der Waals surface area contributed by atoms with Crippen LogP contribution in [-0.2, 0) is 18.4 Å². The Labute approximate surface area is 143 Å². The number of rotatable bonds is 4. The summed E-state index contributed by atoms with van der Waals surface area (Å²) < 4.78 is 2.02. The lowest BCUT2D eigenvalue weighted by molar-refractivity contribution is -0.152. The SMILES string of the molecule is CC(C)N1CCN(CC#N)C2(CCN(Cc3cncn3C)C2)C1=O. The predicted molar refractivity (Wildman–Crippen MR) is 89.9 cm³/mol. The molecule has 0 N–H and O–H groups in total. The number of nitriles is 1. The van der Waals surface area contributed by atoms with Crippen molar-refractivity contribution in [1.29, 1.82) is 5.26 Å². The van der Waals surface area contributed by atoms with Gasteiger partial charge in [-0.1, -0.05) is 0 Å². The van der Waals surface area contributed by atoms with Gasteiger partial charge in [0.25, 0.3) is 0 Å². The van der Waals surface area contributed by atoms with Crippen LogP contribution in [-0.4, -0.2) is 74.5 Å². The van der Waals surface area contributed by atoms with E-state index in [0.29, 0.717) is 19.6 Å². The van der Waals surface area contributed by atoms with Crippen LogP contribution in [0.3, 0.4) is 0 Å². The molecule has 1 spiro atoms. The van der Waals surface area contributed by atoms with Gasteiger partial charge in [-0.2, -0.15) is 5.26 Å². The molecule has 0 bridgehead atoms. The highest BCUT2D eigenvalue weighted by Gasteiger charge is 2.53. The minimum Gasteiger partial charge on any atom is -0.337 e. The van der Waals surface area contributed by atoms with Crippen molar-refractivity contribution in [2.45, 2.75) is 38.4 Å². The summed E-state index contributed by atoms with van der Waals surface area (Å²) in [5.74, 6) is 0.187. The van der Waals surface area contributed by atoms with Gasteiger partial charge < -0.3 is 9.47 Å². The second-order valence-electron chi connectivity index (χ2n) is 7.16. The van der Waals surface area contributed by atoms with Gasteiger partial charge in [-0.15, -0.1) is 0 Å². The minimum absolute atomic E-state index is 0.187. The Kier molecular flexibility index (Phi) is 4.61. The molecule has 1 unspecified atom stereocenters. The van der Waals surface area contributed by atoms with Crippen molar-refractivity contribution in [2.24, 2.45) is 7.05 Å². The second-order valence-corrected chi connectivity index (χ2v) is 7.16. The van der Waals surface area contributed by atoms with Crippen molar-refractivity contribution in [3.05, 3.63) is 18.2 Å². The van der Waals surface area contributed by atoms with E-state index in [-0.39, 0.29) is 11.9 Å². The van der Waals surface area contributed by atoms with Crippen molar-refractivity contribution in [2.75, 3.05) is 32.7 Å². The maximum atomic E-state index is 13.2. The Hall–Kier alpha value is -1.91. The summed E-state index contributed by atoms with van der Waals surface area (Å²) in [5, 5.41) is 9.19. The molecule has 2 saturated heterocycles. The Morgan fingerprint density at radius 2 is 2.17 bits per heavy atom. The number of carbonyl (C=O) groups is 1. The van der Waals surface area contributed by atoms with E-state index >= 15 is 0 Å². The standard InChI is InChI=1S/C17H26N6O/c1-14(2)23-9-8-22(7-5-18)17(16(23)24)4-6-21(12-17)11-15-10-19-13-20(15)3/h10,13-14H,4,6-9,11-12H2,1-3H3. The van der Waals surface area contributed by atoms with Crippen LogP contribution in [0.5, 0.6) is 0 Å². The van der Waals surface area contributed by atoms with Crippen LogP contribution in [0.25, 0.3) is 0 Å². The Morgan fingerprint density at radius 1 is 1.38 bits per heavy atom. The number of hydrogen-bond donors (Lipinski definition) is 0. The fraction of sp³-hybridized carbons (Fsp3) is 0.706. The van der Waals surface area contributed by atoms with Crippen molar-refractivity contribution in [1.82, 2.24) is 24.3 Å². The number of amides is 1. The average molecular weight is 330 g/mol. The lowest BCUT2D eigenvalue weighted by Gasteiger charge is -2.48. The van der Waals surface area contributed by atoms with E-state index in [4.69, 9.17) is 0 Å². The molecule has 130 valence electrons. The van der Waals surface area contributed by atoms with Crippen LogP contribution < -0.4 is 0 Å². The van der Waals surface area contributed by atoms with Crippen molar-refractivity contribution in [3.63, 3.8) is 0 Å². The number of aryl methyl sites for hydroxylation is 1. The highest BCUT2D eigenvalue weighted by atomic mass is 16.2. The number of hydrogen-bond acceptors (Lipinski definition) is 5. The molecule has 0 aliphatic carbocycles. The first-order valence-electron chi connectivity index (χ1n) is 8.58. The lowest BCUT2D eigenvalue weighted by Crippen LogP contribution is -2.68. The van der Waals surface area contributed by atoms with Gasteiger partial charge in [0.15, 0.2) is 0 Å². The molecule has 2 aliphatic rings. The van der Waals surface area contributed by atoms with Gasteiger partial charge in [-0.25, -0.2) is 4.98 Å². The third-order valence-electron chi connectivity index (χ3n) is 5.39. The van der Waals surface area contributed by atoms with Crippen LogP contribution in [0.1, 0.15) is 26.0 Å². The Balaban J connectivity index is 1.81. The largest absolute Gasteiger partial charge is 0.337 e. The predicted octanol–water partition coefficient (Wildman–Crippen LogP) is 0.441. The molecule has 0 radical (unpaired) electrons. The van der Waals surface area contributed by atoms with Crippen LogP contribution in [0.15, 0.2) is 12.5 Å². The van der Waals surface area contributed by atoms with Gasteiger partial charge in [0, 0.05) is 52.0 Å². The lowest BCUT2D eigenvalue weighted by atomic mass is 9.90. The molecule has 7 heteroatoms. The van der Waals surface area contributed by atoms with Crippen LogP contribution >= 0.6 is 0 Å².